The van der Waals surface area contributed by atoms with E-state index in [-0.39, 0.29) is 21.9 Å². The number of carbonyl (C=O) groups is 1. The molecule has 1 aromatic rings. The Kier molecular flexibility index (Phi) is 6.14. The monoisotopic (exact) mass is 393 g/mol. The van der Waals surface area contributed by atoms with Crippen molar-refractivity contribution in [1.82, 2.24) is 14.1 Å². The van der Waals surface area contributed by atoms with Crippen LogP contribution in [0.4, 0.5) is 0 Å². The second kappa shape index (κ2) is 7.58. The summed E-state index contributed by atoms with van der Waals surface area (Å²) < 4.78 is 26.8. The van der Waals surface area contributed by atoms with E-state index < -0.39 is 10.0 Å². The molecule has 0 N–H and O–H groups in total. The van der Waals surface area contributed by atoms with E-state index in [1.807, 2.05) is 11.8 Å². The van der Waals surface area contributed by atoms with Crippen LogP contribution in [0.1, 0.15) is 6.92 Å². The Morgan fingerprint density at radius 1 is 1.12 bits per heavy atom. The highest BCUT2D eigenvalue weighted by molar-refractivity contribution is 7.89. The highest BCUT2D eigenvalue weighted by Gasteiger charge is 2.32. The molecule has 1 aromatic carbocycles. The minimum absolute atomic E-state index is 0.00999. The van der Waals surface area contributed by atoms with Gasteiger partial charge in [-0.05, 0) is 25.1 Å². The number of hydrogen-bond acceptors (Lipinski definition) is 4. The third-order valence-electron chi connectivity index (χ3n) is 4.15. The van der Waals surface area contributed by atoms with Crippen molar-refractivity contribution in [2.75, 3.05) is 40.3 Å². The molecule has 6 nitrogen and oxygen atoms in total. The van der Waals surface area contributed by atoms with Crippen molar-refractivity contribution in [3.63, 3.8) is 0 Å². The van der Waals surface area contributed by atoms with E-state index in [0.29, 0.717) is 31.2 Å². The lowest BCUT2D eigenvalue weighted by Gasteiger charge is -2.37. The van der Waals surface area contributed by atoms with E-state index in [1.165, 1.54) is 22.5 Å². The van der Waals surface area contributed by atoms with E-state index in [4.69, 9.17) is 23.2 Å². The van der Waals surface area contributed by atoms with Gasteiger partial charge in [0.25, 0.3) is 0 Å². The molecule has 1 fully saturated rings. The van der Waals surface area contributed by atoms with E-state index >= 15 is 0 Å². The van der Waals surface area contributed by atoms with Crippen LogP contribution < -0.4 is 0 Å². The Bertz CT molecular complexity index is 717. The molecule has 1 heterocycles. The first kappa shape index (κ1) is 19.5. The zero-order valence-corrected chi connectivity index (χ0v) is 16.2. The van der Waals surface area contributed by atoms with Gasteiger partial charge in [-0.1, -0.05) is 23.2 Å². The first-order valence-electron chi connectivity index (χ1n) is 7.55. The van der Waals surface area contributed by atoms with E-state index in [1.54, 1.807) is 19.0 Å². The molecule has 0 saturated carbocycles. The fourth-order valence-corrected chi connectivity index (χ4v) is 4.46. The van der Waals surface area contributed by atoms with Crippen molar-refractivity contribution in [2.45, 2.75) is 17.9 Å². The molecule has 0 aromatic heterocycles. The van der Waals surface area contributed by atoms with Crippen LogP contribution in [-0.4, -0.2) is 74.7 Å². The predicted molar refractivity (Wildman–Crippen MR) is 94.9 cm³/mol. The summed E-state index contributed by atoms with van der Waals surface area (Å²) in [5.74, 6) is 0.00999. The van der Waals surface area contributed by atoms with Gasteiger partial charge in [0.1, 0.15) is 0 Å². The number of amides is 1. The number of halogens is 2. The predicted octanol–water partition coefficient (Wildman–Crippen LogP) is 1.78. The van der Waals surface area contributed by atoms with Gasteiger partial charge in [0.05, 0.1) is 21.0 Å². The molecule has 1 aliphatic heterocycles. The maximum atomic E-state index is 12.7. The fourth-order valence-electron chi connectivity index (χ4n) is 2.65. The molecular weight excluding hydrogens is 373 g/mol. The molecule has 0 bridgehead atoms. The number of likely N-dealkylation sites (N-methyl/N-ethyl adjacent to an activating group) is 1. The van der Waals surface area contributed by atoms with Gasteiger partial charge in [0, 0.05) is 40.3 Å². The molecule has 0 spiro atoms. The van der Waals surface area contributed by atoms with Gasteiger partial charge in [0.15, 0.2) is 0 Å². The first-order valence-corrected chi connectivity index (χ1v) is 9.74. The van der Waals surface area contributed by atoms with Crippen LogP contribution in [0.25, 0.3) is 0 Å². The smallest absolute Gasteiger partial charge is 0.243 e. The summed E-state index contributed by atoms with van der Waals surface area (Å²) in [4.78, 5) is 15.7. The lowest BCUT2D eigenvalue weighted by Crippen LogP contribution is -2.54. The van der Waals surface area contributed by atoms with Crippen molar-refractivity contribution in [3.8, 4) is 0 Å². The number of hydrogen-bond donors (Lipinski definition) is 0. The molecule has 1 saturated heterocycles. The van der Waals surface area contributed by atoms with Crippen LogP contribution in [0, 0.1) is 0 Å². The van der Waals surface area contributed by atoms with Crippen LogP contribution >= 0.6 is 23.2 Å². The van der Waals surface area contributed by atoms with Gasteiger partial charge in [-0.25, -0.2) is 8.42 Å². The summed E-state index contributed by atoms with van der Waals surface area (Å²) in [6.45, 7) is 3.50. The SMILES string of the molecule is C[C@H](C(=O)N(C)C)N1CCN(S(=O)(=O)c2ccc(Cl)c(Cl)c2)CC1. The van der Waals surface area contributed by atoms with E-state index in [9.17, 15) is 13.2 Å². The molecule has 1 amide bonds. The highest BCUT2D eigenvalue weighted by Crippen LogP contribution is 2.27. The molecule has 134 valence electrons. The third-order valence-corrected chi connectivity index (χ3v) is 6.78. The summed E-state index contributed by atoms with van der Waals surface area (Å²) in [5, 5.41) is 0.526. The molecule has 0 radical (unpaired) electrons. The summed E-state index contributed by atoms with van der Waals surface area (Å²) >= 11 is 11.8. The number of rotatable bonds is 4. The van der Waals surface area contributed by atoms with Crippen LogP contribution in [0.15, 0.2) is 23.1 Å². The molecule has 1 atom stereocenters. The Labute approximate surface area is 153 Å². The number of carbonyl (C=O) groups excluding carboxylic acids is 1. The van der Waals surface area contributed by atoms with Crippen molar-refractivity contribution < 1.29 is 13.2 Å². The molecule has 24 heavy (non-hydrogen) atoms. The van der Waals surface area contributed by atoms with Crippen molar-refractivity contribution in [3.05, 3.63) is 28.2 Å². The van der Waals surface area contributed by atoms with Crippen molar-refractivity contribution in [2.24, 2.45) is 0 Å². The van der Waals surface area contributed by atoms with Crippen molar-refractivity contribution in [1.29, 1.82) is 0 Å². The van der Waals surface area contributed by atoms with Crippen molar-refractivity contribution >= 4 is 39.1 Å². The minimum Gasteiger partial charge on any atom is -0.347 e. The highest BCUT2D eigenvalue weighted by atomic mass is 35.5. The second-order valence-electron chi connectivity index (χ2n) is 5.92. The van der Waals surface area contributed by atoms with Crippen LogP contribution in [-0.2, 0) is 14.8 Å². The van der Waals surface area contributed by atoms with Crippen LogP contribution in [0.3, 0.4) is 0 Å². The maximum absolute atomic E-state index is 12.7. The lowest BCUT2D eigenvalue weighted by molar-refractivity contribution is -0.134. The average Bonchev–Trinajstić information content (AvgIpc) is 2.55. The quantitative estimate of drug-likeness (QED) is 0.781. The van der Waals surface area contributed by atoms with Gasteiger partial charge in [0.2, 0.25) is 15.9 Å². The largest absolute Gasteiger partial charge is 0.347 e. The number of piperazine rings is 1. The van der Waals surface area contributed by atoms with Gasteiger partial charge in [-0.2, -0.15) is 4.31 Å². The Balaban J connectivity index is 2.08. The van der Waals surface area contributed by atoms with Gasteiger partial charge >= 0.3 is 0 Å². The molecule has 0 aliphatic carbocycles. The minimum atomic E-state index is -3.62. The molecule has 2 rings (SSSR count). The second-order valence-corrected chi connectivity index (χ2v) is 8.68. The number of benzene rings is 1. The summed E-state index contributed by atoms with van der Waals surface area (Å²) in [5.41, 5.74) is 0. The average molecular weight is 394 g/mol. The molecular formula is C15H21Cl2N3O3S. The summed E-state index contributed by atoms with van der Waals surface area (Å²) in [6, 6.07) is 4.03. The third kappa shape index (κ3) is 4.03. The Morgan fingerprint density at radius 3 is 2.21 bits per heavy atom. The standard InChI is InChI=1S/C15H21Cl2N3O3S/c1-11(15(21)18(2)3)19-6-8-20(9-7-19)24(22,23)12-4-5-13(16)14(17)10-12/h4-5,10-11H,6-9H2,1-3H3/t11-/m1/s1. The van der Waals surface area contributed by atoms with E-state index in [0.717, 1.165) is 0 Å². The van der Waals surface area contributed by atoms with Gasteiger partial charge in [-0.3, -0.25) is 9.69 Å². The fraction of sp³-hybridized carbons (Fsp3) is 0.533. The molecule has 1 aliphatic rings. The molecule has 9 heteroatoms. The summed E-state index contributed by atoms with van der Waals surface area (Å²) in [7, 11) is -0.195. The topological polar surface area (TPSA) is 60.9 Å². The maximum Gasteiger partial charge on any atom is 0.243 e. The summed E-state index contributed by atoms with van der Waals surface area (Å²) in [6.07, 6.45) is 0. The molecule has 0 unspecified atom stereocenters. The number of sulfonamides is 1. The van der Waals surface area contributed by atoms with E-state index in [2.05, 4.69) is 0 Å². The van der Waals surface area contributed by atoms with Crippen LogP contribution in [0.5, 0.6) is 0 Å². The zero-order chi connectivity index (χ0) is 18.1. The lowest BCUT2D eigenvalue weighted by atomic mass is 10.2. The van der Waals surface area contributed by atoms with Gasteiger partial charge < -0.3 is 4.90 Å². The Hall–Kier alpha value is -0.860. The first-order chi connectivity index (χ1) is 11.1. The number of nitrogens with zero attached hydrogens (tertiary/aromatic N) is 3. The van der Waals surface area contributed by atoms with Crippen LogP contribution in [0.2, 0.25) is 10.0 Å². The Morgan fingerprint density at radius 2 is 1.71 bits per heavy atom. The zero-order valence-electron chi connectivity index (χ0n) is 13.9. The van der Waals surface area contributed by atoms with Gasteiger partial charge in [-0.15, -0.1) is 0 Å². The normalized spacial score (nSPS) is 18.4.